The van der Waals surface area contributed by atoms with Crippen molar-refractivity contribution in [1.29, 1.82) is 0 Å². The maximum absolute atomic E-state index is 12.0. The first-order valence-electron chi connectivity index (χ1n) is 5.37. The Morgan fingerprint density at radius 3 is 2.94 bits per heavy atom. The molecule has 0 aliphatic carbocycles. The quantitative estimate of drug-likeness (QED) is 0.697. The fourth-order valence-corrected chi connectivity index (χ4v) is 1.46. The number of carbonyl (C=O) groups is 1. The van der Waals surface area contributed by atoms with E-state index in [1.54, 1.807) is 24.8 Å². The molecule has 5 heteroatoms. The summed E-state index contributed by atoms with van der Waals surface area (Å²) in [4.78, 5) is 17.4. The van der Waals surface area contributed by atoms with Crippen LogP contribution in [0.3, 0.4) is 0 Å². The van der Waals surface area contributed by atoms with Crippen molar-refractivity contribution < 1.29 is 9.53 Å². The summed E-state index contributed by atoms with van der Waals surface area (Å²) in [6.07, 6.45) is 8.09. The summed E-state index contributed by atoms with van der Waals surface area (Å²) >= 11 is 0. The highest BCUT2D eigenvalue weighted by molar-refractivity contribution is 5.76. The van der Waals surface area contributed by atoms with Crippen LogP contribution >= 0.6 is 0 Å². The SMILES string of the molecule is CC(C)(C)OC(=O)N1C=CC=C2NC=NC=C21. The second-order valence-corrected chi connectivity index (χ2v) is 4.71. The summed E-state index contributed by atoms with van der Waals surface area (Å²) in [6.45, 7) is 5.50. The number of fused-ring (bicyclic) bond motifs is 1. The highest BCUT2D eigenvalue weighted by atomic mass is 16.6. The highest BCUT2D eigenvalue weighted by Crippen LogP contribution is 2.22. The number of nitrogens with zero attached hydrogens (tertiary/aromatic N) is 2. The van der Waals surface area contributed by atoms with Gasteiger partial charge in [0.05, 0.1) is 23.9 Å². The van der Waals surface area contributed by atoms with Gasteiger partial charge in [0.1, 0.15) is 5.60 Å². The Morgan fingerprint density at radius 1 is 1.47 bits per heavy atom. The first kappa shape index (κ1) is 11.4. The molecule has 5 nitrogen and oxygen atoms in total. The van der Waals surface area contributed by atoms with Crippen LogP contribution in [0.1, 0.15) is 20.8 Å². The summed E-state index contributed by atoms with van der Waals surface area (Å²) in [7, 11) is 0. The van der Waals surface area contributed by atoms with Gasteiger partial charge in [0.2, 0.25) is 0 Å². The Labute approximate surface area is 100 Å². The second-order valence-electron chi connectivity index (χ2n) is 4.71. The van der Waals surface area contributed by atoms with Crippen molar-refractivity contribution >= 4 is 12.4 Å². The van der Waals surface area contributed by atoms with Crippen LogP contribution in [0.5, 0.6) is 0 Å². The van der Waals surface area contributed by atoms with Gasteiger partial charge in [-0.25, -0.2) is 14.7 Å². The van der Waals surface area contributed by atoms with E-state index >= 15 is 0 Å². The standard InChI is InChI=1S/C12H15N3O2/c1-12(2,3)17-11(16)15-6-4-5-9-10(15)7-13-8-14-9/h4-8H,1-3H3,(H,13,14). The average Bonchev–Trinajstić information content (AvgIpc) is 2.26. The molecule has 2 aliphatic heterocycles. The molecule has 2 rings (SSSR count). The van der Waals surface area contributed by atoms with Gasteiger partial charge in [-0.15, -0.1) is 0 Å². The molecule has 90 valence electrons. The van der Waals surface area contributed by atoms with Crippen molar-refractivity contribution in [3.05, 3.63) is 35.9 Å². The highest BCUT2D eigenvalue weighted by Gasteiger charge is 2.26. The zero-order valence-corrected chi connectivity index (χ0v) is 10.1. The molecule has 0 bridgehead atoms. The van der Waals surface area contributed by atoms with Crippen LogP contribution in [0, 0.1) is 0 Å². The van der Waals surface area contributed by atoms with E-state index in [0.717, 1.165) is 5.70 Å². The minimum atomic E-state index is -0.516. The van der Waals surface area contributed by atoms with Crippen molar-refractivity contribution in [2.24, 2.45) is 4.99 Å². The van der Waals surface area contributed by atoms with Gasteiger partial charge in [-0.05, 0) is 32.9 Å². The second kappa shape index (κ2) is 4.08. The molecule has 1 N–H and O–H groups in total. The van der Waals surface area contributed by atoms with Gasteiger partial charge in [0, 0.05) is 6.20 Å². The lowest BCUT2D eigenvalue weighted by Gasteiger charge is -2.29. The van der Waals surface area contributed by atoms with Crippen molar-refractivity contribution in [2.75, 3.05) is 0 Å². The summed E-state index contributed by atoms with van der Waals surface area (Å²) in [6, 6.07) is 0. The Balaban J connectivity index is 2.19. The summed E-state index contributed by atoms with van der Waals surface area (Å²) in [5, 5.41) is 2.97. The number of aliphatic imine (C=N–C) groups is 1. The maximum atomic E-state index is 12.0. The van der Waals surface area contributed by atoms with Crippen molar-refractivity contribution in [2.45, 2.75) is 26.4 Å². The Hall–Kier alpha value is -2.04. The molecule has 0 atom stereocenters. The number of nitrogens with one attached hydrogen (secondary N) is 1. The van der Waals surface area contributed by atoms with Crippen LogP contribution in [0.15, 0.2) is 40.9 Å². The normalized spacial score (nSPS) is 17.9. The molecule has 0 saturated carbocycles. The fourth-order valence-electron chi connectivity index (χ4n) is 1.46. The molecule has 2 aliphatic rings. The number of allylic oxidation sites excluding steroid dienone is 2. The summed E-state index contributed by atoms with van der Waals surface area (Å²) < 4.78 is 5.31. The van der Waals surface area contributed by atoms with E-state index in [0.29, 0.717) is 5.70 Å². The molecule has 0 aromatic heterocycles. The molecular formula is C12H15N3O2. The van der Waals surface area contributed by atoms with E-state index in [-0.39, 0.29) is 0 Å². The molecular weight excluding hydrogens is 218 g/mol. The van der Waals surface area contributed by atoms with Gasteiger partial charge in [0.25, 0.3) is 0 Å². The zero-order valence-electron chi connectivity index (χ0n) is 10.1. The fraction of sp³-hybridized carbons (Fsp3) is 0.333. The van der Waals surface area contributed by atoms with Crippen LogP contribution < -0.4 is 5.32 Å². The van der Waals surface area contributed by atoms with E-state index in [2.05, 4.69) is 10.3 Å². The van der Waals surface area contributed by atoms with Gasteiger partial charge in [0.15, 0.2) is 0 Å². The van der Waals surface area contributed by atoms with Gasteiger partial charge in [-0.2, -0.15) is 0 Å². The topological polar surface area (TPSA) is 53.9 Å². The number of hydrogen-bond donors (Lipinski definition) is 1. The van der Waals surface area contributed by atoms with Crippen molar-refractivity contribution in [3.8, 4) is 0 Å². The van der Waals surface area contributed by atoms with Crippen LogP contribution in [-0.2, 0) is 4.74 Å². The van der Waals surface area contributed by atoms with Crippen molar-refractivity contribution in [1.82, 2.24) is 10.2 Å². The number of amides is 1. The Kier molecular flexibility index (Phi) is 2.75. The predicted molar refractivity (Wildman–Crippen MR) is 65.0 cm³/mol. The maximum Gasteiger partial charge on any atom is 0.419 e. The minimum Gasteiger partial charge on any atom is -0.443 e. The van der Waals surface area contributed by atoms with Gasteiger partial charge < -0.3 is 10.1 Å². The third-order valence-electron chi connectivity index (χ3n) is 2.12. The minimum absolute atomic E-state index is 0.412. The first-order chi connectivity index (χ1) is 7.97. The number of ether oxygens (including phenoxy) is 1. The molecule has 0 saturated heterocycles. The number of hydrogen-bond acceptors (Lipinski definition) is 4. The van der Waals surface area contributed by atoms with E-state index in [1.807, 2.05) is 26.8 Å². The molecule has 0 radical (unpaired) electrons. The Morgan fingerprint density at radius 2 is 2.24 bits per heavy atom. The van der Waals surface area contributed by atoms with Crippen LogP contribution in [-0.4, -0.2) is 22.9 Å². The van der Waals surface area contributed by atoms with E-state index in [4.69, 9.17) is 4.74 Å². The van der Waals surface area contributed by atoms with Gasteiger partial charge in [-0.3, -0.25) is 0 Å². The average molecular weight is 233 g/mol. The van der Waals surface area contributed by atoms with E-state index in [1.165, 1.54) is 4.90 Å². The smallest absolute Gasteiger partial charge is 0.419 e. The largest absolute Gasteiger partial charge is 0.443 e. The lowest BCUT2D eigenvalue weighted by molar-refractivity contribution is 0.0383. The molecule has 0 unspecified atom stereocenters. The van der Waals surface area contributed by atoms with Crippen LogP contribution in [0.25, 0.3) is 0 Å². The first-order valence-corrected chi connectivity index (χ1v) is 5.37. The van der Waals surface area contributed by atoms with Crippen LogP contribution in [0.2, 0.25) is 0 Å². The summed E-state index contributed by atoms with van der Waals surface area (Å²) in [5.41, 5.74) is 0.996. The molecule has 2 heterocycles. The monoisotopic (exact) mass is 233 g/mol. The van der Waals surface area contributed by atoms with Crippen LogP contribution in [0.4, 0.5) is 4.79 Å². The zero-order chi connectivity index (χ0) is 12.5. The molecule has 0 fully saturated rings. The van der Waals surface area contributed by atoms with Gasteiger partial charge >= 0.3 is 6.09 Å². The third kappa shape index (κ3) is 2.55. The molecule has 0 aromatic carbocycles. The third-order valence-corrected chi connectivity index (χ3v) is 2.12. The lowest BCUT2D eigenvalue weighted by atomic mass is 10.2. The van der Waals surface area contributed by atoms with E-state index < -0.39 is 11.7 Å². The number of rotatable bonds is 0. The van der Waals surface area contributed by atoms with Crippen molar-refractivity contribution in [3.63, 3.8) is 0 Å². The Bertz CT molecular complexity index is 453. The molecule has 0 aromatic rings. The lowest BCUT2D eigenvalue weighted by Crippen LogP contribution is -2.36. The molecule has 0 spiro atoms. The number of carbonyl (C=O) groups excluding carboxylic acids is 1. The van der Waals surface area contributed by atoms with Gasteiger partial charge in [-0.1, -0.05) is 0 Å². The summed E-state index contributed by atoms with van der Waals surface area (Å²) in [5.74, 6) is 0. The molecule has 17 heavy (non-hydrogen) atoms. The predicted octanol–water partition coefficient (Wildman–Crippen LogP) is 2.11. The molecule has 1 amide bonds. The van der Waals surface area contributed by atoms with E-state index in [9.17, 15) is 4.79 Å².